The Balaban J connectivity index is 0.000000276. The van der Waals surface area contributed by atoms with Crippen molar-refractivity contribution in [2.45, 2.75) is 105 Å². The van der Waals surface area contributed by atoms with Gasteiger partial charge in [-0.05, 0) is 117 Å². The van der Waals surface area contributed by atoms with Gasteiger partial charge in [-0.2, -0.15) is 0 Å². The minimum absolute atomic E-state index is 0.250. The van der Waals surface area contributed by atoms with E-state index in [1.807, 2.05) is 64.1 Å². The molecule has 0 radical (unpaired) electrons. The van der Waals surface area contributed by atoms with E-state index in [0.717, 1.165) is 61.8 Å². The van der Waals surface area contributed by atoms with Gasteiger partial charge in [0.05, 0.1) is 22.4 Å². The van der Waals surface area contributed by atoms with Crippen LogP contribution in [0.5, 0.6) is 11.5 Å². The normalized spacial score (nSPS) is 18.9. The van der Waals surface area contributed by atoms with Gasteiger partial charge < -0.3 is 38.3 Å². The summed E-state index contributed by atoms with van der Waals surface area (Å²) >= 11 is 5.51. The number of ether oxygens (including phenoxy) is 1. The van der Waals surface area contributed by atoms with Crippen molar-refractivity contribution < 1.29 is 28.5 Å². The number of nitrogens with zero attached hydrogens (tertiary/aromatic N) is 2. The smallest absolute Gasteiger partial charge is 0.494 e. The van der Waals surface area contributed by atoms with E-state index in [1.165, 1.54) is 0 Å². The van der Waals surface area contributed by atoms with Crippen molar-refractivity contribution in [1.29, 1.82) is 0 Å². The van der Waals surface area contributed by atoms with E-state index in [9.17, 15) is 5.11 Å². The van der Waals surface area contributed by atoms with E-state index < -0.39 is 0 Å². The van der Waals surface area contributed by atoms with Gasteiger partial charge in [0.2, 0.25) is 0 Å². The number of rotatable bonds is 12. The highest BCUT2D eigenvalue weighted by atomic mass is 35.5. The highest BCUT2D eigenvalue weighted by molar-refractivity contribution is 6.62. The molecular weight excluding hydrogens is 613 g/mol. The molecule has 0 aromatic heterocycles. The Kier molecular flexibility index (Phi) is 16.1. The molecule has 0 aliphatic carbocycles. The molecule has 2 fully saturated rings. The quantitative estimate of drug-likeness (QED) is 0.218. The molecule has 2 saturated heterocycles. The van der Waals surface area contributed by atoms with Crippen molar-refractivity contribution in [3.05, 3.63) is 48.5 Å². The van der Waals surface area contributed by atoms with Gasteiger partial charge in [-0.3, -0.25) is 0 Å². The number of aromatic hydroxyl groups is 1. The lowest BCUT2D eigenvalue weighted by molar-refractivity contribution is 0.00578. The van der Waals surface area contributed by atoms with Crippen LogP contribution in [0, 0.1) is 0 Å². The van der Waals surface area contributed by atoms with Crippen LogP contribution in [0.3, 0.4) is 0 Å². The van der Waals surface area contributed by atoms with Gasteiger partial charge >= 0.3 is 14.2 Å². The number of phenolic OH excluding ortho intramolecular Hbond substituents is 1. The summed E-state index contributed by atoms with van der Waals surface area (Å²) in [5, 5.41) is 9.22. The van der Waals surface area contributed by atoms with Crippen LogP contribution in [0.25, 0.3) is 0 Å². The molecule has 2 aromatic rings. The van der Waals surface area contributed by atoms with Crippen molar-refractivity contribution in [2.24, 2.45) is 0 Å². The first-order valence-electron chi connectivity index (χ1n) is 17.2. The number of benzene rings is 2. The summed E-state index contributed by atoms with van der Waals surface area (Å²) in [6.45, 7) is 32.0. The standard InChI is InChI=1S/C18H30BNO3.C12H17BO3.C6H14ClN/c1-7-20(8-2)13-14-21-16-11-9-15(10-12-16)19-22-17(3,4)18(5,6)23-19;1-11(2)12(3,4)16-13(15-11)9-5-7-10(14)8-6-9;1-3-8(4-2)6-5-7/h9-12H,7-8,13-14H2,1-6H3;5-8,14H,1-4H3;3-6H2,1-2H3. The lowest BCUT2D eigenvalue weighted by Crippen LogP contribution is -2.41. The number of halogens is 1. The molecule has 264 valence electrons. The summed E-state index contributed by atoms with van der Waals surface area (Å²) < 4.78 is 29.7. The highest BCUT2D eigenvalue weighted by Crippen LogP contribution is 2.37. The molecule has 0 bridgehead atoms. The molecule has 0 amide bonds. The van der Waals surface area contributed by atoms with E-state index in [-0.39, 0.29) is 42.4 Å². The molecule has 0 saturated carbocycles. The zero-order valence-corrected chi connectivity index (χ0v) is 31.9. The van der Waals surface area contributed by atoms with Crippen LogP contribution >= 0.6 is 11.6 Å². The van der Waals surface area contributed by atoms with Crippen LogP contribution in [0.15, 0.2) is 48.5 Å². The van der Waals surface area contributed by atoms with Crippen molar-refractivity contribution >= 4 is 36.8 Å². The van der Waals surface area contributed by atoms with Crippen LogP contribution in [0.2, 0.25) is 0 Å². The summed E-state index contributed by atoms with van der Waals surface area (Å²) in [4.78, 5) is 4.64. The van der Waals surface area contributed by atoms with Gasteiger partial charge in [0.1, 0.15) is 18.1 Å². The molecule has 2 aliphatic rings. The second kappa shape index (κ2) is 18.3. The third-order valence-corrected chi connectivity index (χ3v) is 9.86. The van der Waals surface area contributed by atoms with Gasteiger partial charge in [0.15, 0.2) is 0 Å². The number of hydrogen-bond donors (Lipinski definition) is 1. The lowest BCUT2D eigenvalue weighted by Gasteiger charge is -2.32. The zero-order valence-electron chi connectivity index (χ0n) is 31.2. The van der Waals surface area contributed by atoms with Gasteiger partial charge in [0.25, 0.3) is 0 Å². The molecule has 2 aromatic carbocycles. The molecule has 1 N–H and O–H groups in total. The van der Waals surface area contributed by atoms with E-state index in [0.29, 0.717) is 6.61 Å². The number of phenols is 1. The van der Waals surface area contributed by atoms with Crippen LogP contribution < -0.4 is 15.7 Å². The molecule has 2 heterocycles. The third kappa shape index (κ3) is 11.9. The Labute approximate surface area is 291 Å². The van der Waals surface area contributed by atoms with Crippen molar-refractivity contribution in [3.63, 3.8) is 0 Å². The molecular formula is C36H61B2ClN2O6. The van der Waals surface area contributed by atoms with E-state index in [1.54, 1.807) is 12.1 Å². The van der Waals surface area contributed by atoms with Crippen molar-refractivity contribution in [2.75, 3.05) is 51.8 Å². The molecule has 0 atom stereocenters. The molecule has 0 unspecified atom stereocenters. The van der Waals surface area contributed by atoms with Gasteiger partial charge in [-0.25, -0.2) is 0 Å². The first-order chi connectivity index (χ1) is 22.0. The average Bonchev–Trinajstić information content (AvgIpc) is 3.38. The minimum Gasteiger partial charge on any atom is -0.508 e. The van der Waals surface area contributed by atoms with Gasteiger partial charge in [0, 0.05) is 19.0 Å². The molecule has 8 nitrogen and oxygen atoms in total. The fourth-order valence-electron chi connectivity index (χ4n) is 4.80. The summed E-state index contributed by atoms with van der Waals surface area (Å²) in [6, 6.07) is 14.9. The molecule has 0 spiro atoms. The van der Waals surface area contributed by atoms with Crippen LogP contribution in [0.4, 0.5) is 0 Å². The average molecular weight is 675 g/mol. The summed E-state index contributed by atoms with van der Waals surface area (Å²) in [7, 11) is -0.671. The van der Waals surface area contributed by atoms with Crippen LogP contribution in [-0.4, -0.2) is 103 Å². The highest BCUT2D eigenvalue weighted by Gasteiger charge is 2.52. The van der Waals surface area contributed by atoms with Gasteiger partial charge in [-0.1, -0.05) is 52.0 Å². The Morgan fingerprint density at radius 2 is 0.936 bits per heavy atom. The third-order valence-electron chi connectivity index (χ3n) is 9.69. The predicted molar refractivity (Wildman–Crippen MR) is 198 cm³/mol. The summed E-state index contributed by atoms with van der Waals surface area (Å²) in [5.74, 6) is 1.89. The first kappa shape index (κ1) is 41.4. The first-order valence-corrected chi connectivity index (χ1v) is 17.7. The summed E-state index contributed by atoms with van der Waals surface area (Å²) in [6.07, 6.45) is 0. The monoisotopic (exact) mass is 674 g/mol. The van der Waals surface area contributed by atoms with Crippen molar-refractivity contribution in [1.82, 2.24) is 9.80 Å². The minimum atomic E-state index is -0.356. The Morgan fingerprint density at radius 1 is 0.596 bits per heavy atom. The topological polar surface area (TPSA) is 72.9 Å². The fourth-order valence-corrected chi connectivity index (χ4v) is 5.04. The van der Waals surface area contributed by atoms with Crippen LogP contribution in [-0.2, 0) is 18.6 Å². The number of hydrogen-bond acceptors (Lipinski definition) is 8. The number of alkyl halides is 1. The van der Waals surface area contributed by atoms with Crippen LogP contribution in [0.1, 0.15) is 83.1 Å². The summed E-state index contributed by atoms with van der Waals surface area (Å²) in [5.41, 5.74) is 0.689. The predicted octanol–water partition coefficient (Wildman–Crippen LogP) is 5.96. The van der Waals surface area contributed by atoms with E-state index in [2.05, 4.69) is 65.2 Å². The second-order valence-corrected chi connectivity index (χ2v) is 14.3. The largest absolute Gasteiger partial charge is 0.508 e. The van der Waals surface area contributed by atoms with E-state index >= 15 is 0 Å². The fraction of sp³-hybridized carbons (Fsp3) is 0.667. The Hall–Kier alpha value is -1.78. The molecule has 11 heteroatoms. The van der Waals surface area contributed by atoms with Gasteiger partial charge in [-0.15, -0.1) is 11.6 Å². The lowest BCUT2D eigenvalue weighted by atomic mass is 9.79. The maximum absolute atomic E-state index is 9.22. The molecule has 2 aliphatic heterocycles. The Morgan fingerprint density at radius 3 is 1.26 bits per heavy atom. The zero-order chi connectivity index (χ0) is 35.5. The van der Waals surface area contributed by atoms with E-state index in [4.69, 9.17) is 35.0 Å². The Bertz CT molecular complexity index is 1140. The molecule has 47 heavy (non-hydrogen) atoms. The van der Waals surface area contributed by atoms with Crippen molar-refractivity contribution in [3.8, 4) is 11.5 Å². The maximum Gasteiger partial charge on any atom is 0.494 e. The SMILES string of the molecule is CC1(C)OB(c2ccc(O)cc2)OC1(C)C.CCN(CC)CCCl.CCN(CC)CCOc1ccc(B2OC(C)(C)C(C)(C)O2)cc1. The molecule has 4 rings (SSSR count). The number of likely N-dealkylation sites (N-methyl/N-ethyl adjacent to an activating group) is 1. The maximum atomic E-state index is 9.22. The second-order valence-electron chi connectivity index (χ2n) is 13.9.